The number of fused-ring (bicyclic) bond motifs is 1. The number of piperidine rings is 1. The highest BCUT2D eigenvalue weighted by molar-refractivity contribution is 7.80. The number of nitrogens with zero attached hydrogens (tertiary/aromatic N) is 2. The van der Waals surface area contributed by atoms with Crippen LogP contribution in [0, 0.1) is 5.41 Å². The van der Waals surface area contributed by atoms with E-state index in [1.54, 1.807) is 0 Å². The maximum absolute atomic E-state index is 5.82. The highest BCUT2D eigenvalue weighted by Gasteiger charge is 2.32. The van der Waals surface area contributed by atoms with Gasteiger partial charge in [0, 0.05) is 30.6 Å². The summed E-state index contributed by atoms with van der Waals surface area (Å²) in [6.07, 6.45) is 6.49. The van der Waals surface area contributed by atoms with E-state index in [2.05, 4.69) is 30.6 Å². The van der Waals surface area contributed by atoms with Gasteiger partial charge in [-0.05, 0) is 45.7 Å². The second kappa shape index (κ2) is 6.71. The Morgan fingerprint density at radius 1 is 1.30 bits per heavy atom. The third-order valence-electron chi connectivity index (χ3n) is 5.23. The first kappa shape index (κ1) is 16.2. The Morgan fingerprint density at radius 3 is 2.75 bits per heavy atom. The van der Waals surface area contributed by atoms with Crippen LogP contribution in [0.15, 0.2) is 0 Å². The molecule has 116 valence electrons. The molecule has 2 aliphatic rings. The number of hydrogen-bond acceptors (Lipinski definition) is 3. The minimum absolute atomic E-state index is 0.00519. The smallest absolute Gasteiger partial charge is 0.0784 e. The molecule has 2 fully saturated rings. The molecule has 20 heavy (non-hydrogen) atoms. The molecule has 2 unspecified atom stereocenters. The molecule has 0 radical (unpaired) electrons. The average molecular weight is 298 g/mol. The summed E-state index contributed by atoms with van der Waals surface area (Å²) in [5, 5.41) is 0. The summed E-state index contributed by atoms with van der Waals surface area (Å²) in [5.41, 5.74) is 5.82. The fourth-order valence-corrected chi connectivity index (χ4v) is 3.67. The third-order valence-corrected chi connectivity index (χ3v) is 5.78. The van der Waals surface area contributed by atoms with Gasteiger partial charge < -0.3 is 5.73 Å². The van der Waals surface area contributed by atoms with Crippen molar-refractivity contribution in [1.82, 2.24) is 9.80 Å². The molecule has 2 atom stereocenters. The van der Waals surface area contributed by atoms with E-state index in [4.69, 9.17) is 18.0 Å². The van der Waals surface area contributed by atoms with Crippen molar-refractivity contribution in [3.05, 3.63) is 0 Å². The number of nitrogens with two attached hydrogens (primary N) is 1. The zero-order valence-electron chi connectivity index (χ0n) is 13.4. The van der Waals surface area contributed by atoms with Crippen LogP contribution in [-0.4, -0.2) is 53.1 Å². The maximum atomic E-state index is 5.82. The van der Waals surface area contributed by atoms with Crippen LogP contribution in [0.1, 0.15) is 52.9 Å². The Kier molecular flexibility index (Phi) is 5.43. The largest absolute Gasteiger partial charge is 0.393 e. The summed E-state index contributed by atoms with van der Waals surface area (Å²) in [7, 11) is 0. The fraction of sp³-hybridized carbons (Fsp3) is 0.938. The highest BCUT2D eigenvalue weighted by Crippen LogP contribution is 2.26. The van der Waals surface area contributed by atoms with Crippen LogP contribution in [0.3, 0.4) is 0 Å². The summed E-state index contributed by atoms with van der Waals surface area (Å²) in [4.78, 5) is 6.05. The second-order valence-electron chi connectivity index (χ2n) is 7.34. The summed E-state index contributed by atoms with van der Waals surface area (Å²) in [6, 6.07) is 1.50. The van der Waals surface area contributed by atoms with Gasteiger partial charge in [0.1, 0.15) is 0 Å². The van der Waals surface area contributed by atoms with Gasteiger partial charge in [0.2, 0.25) is 0 Å². The number of rotatable bonds is 5. The Bertz CT molecular complexity index is 343. The van der Waals surface area contributed by atoms with E-state index in [0.717, 1.165) is 12.5 Å². The molecule has 0 aromatic heterocycles. The Balaban J connectivity index is 1.79. The van der Waals surface area contributed by atoms with Gasteiger partial charge in [0.15, 0.2) is 0 Å². The SMILES string of the molecule is CC1CN2CCCCC2CN1CCCC(C)(C)C(N)=S. The zero-order valence-corrected chi connectivity index (χ0v) is 14.2. The van der Waals surface area contributed by atoms with Crippen molar-refractivity contribution in [1.29, 1.82) is 0 Å². The quantitative estimate of drug-likeness (QED) is 0.791. The van der Waals surface area contributed by atoms with Crippen molar-refractivity contribution in [3.63, 3.8) is 0 Å². The summed E-state index contributed by atoms with van der Waals surface area (Å²) >= 11 is 5.16. The van der Waals surface area contributed by atoms with Crippen molar-refractivity contribution >= 4 is 17.2 Å². The molecule has 2 rings (SSSR count). The number of piperazine rings is 1. The molecule has 2 aliphatic heterocycles. The number of thiocarbonyl (C=S) groups is 1. The Hall–Kier alpha value is -0.190. The lowest BCUT2D eigenvalue weighted by Crippen LogP contribution is -2.58. The molecule has 0 bridgehead atoms. The summed E-state index contributed by atoms with van der Waals surface area (Å²) < 4.78 is 0. The van der Waals surface area contributed by atoms with Crippen molar-refractivity contribution in [2.75, 3.05) is 26.2 Å². The minimum atomic E-state index is 0.00519. The van der Waals surface area contributed by atoms with E-state index in [-0.39, 0.29) is 5.41 Å². The molecule has 4 heteroatoms. The monoisotopic (exact) mass is 297 g/mol. The molecule has 0 amide bonds. The minimum Gasteiger partial charge on any atom is -0.393 e. The van der Waals surface area contributed by atoms with Crippen molar-refractivity contribution < 1.29 is 0 Å². The van der Waals surface area contributed by atoms with E-state index in [1.165, 1.54) is 51.9 Å². The van der Waals surface area contributed by atoms with Gasteiger partial charge in [-0.3, -0.25) is 9.80 Å². The molecule has 0 aromatic carbocycles. The second-order valence-corrected chi connectivity index (χ2v) is 7.78. The molecule has 2 N–H and O–H groups in total. The third kappa shape index (κ3) is 3.92. The standard InChI is InChI=1S/C16H31N3S/c1-13-11-19-9-5-4-7-14(19)12-18(13)10-6-8-16(2,3)15(17)20/h13-14H,4-12H2,1-3H3,(H2,17,20). The molecule has 0 aromatic rings. The van der Waals surface area contributed by atoms with Gasteiger partial charge in [0.25, 0.3) is 0 Å². The summed E-state index contributed by atoms with van der Waals surface area (Å²) in [5.74, 6) is 0. The Morgan fingerprint density at radius 2 is 2.05 bits per heavy atom. The number of hydrogen-bond donors (Lipinski definition) is 1. The molecule has 0 saturated carbocycles. The van der Waals surface area contributed by atoms with Crippen LogP contribution in [0.2, 0.25) is 0 Å². The lowest BCUT2D eigenvalue weighted by atomic mass is 9.87. The molecular weight excluding hydrogens is 266 g/mol. The van der Waals surface area contributed by atoms with Gasteiger partial charge in [0.05, 0.1) is 4.99 Å². The highest BCUT2D eigenvalue weighted by atomic mass is 32.1. The first-order valence-electron chi connectivity index (χ1n) is 8.18. The van der Waals surface area contributed by atoms with Gasteiger partial charge in [-0.1, -0.05) is 32.5 Å². The van der Waals surface area contributed by atoms with E-state index in [9.17, 15) is 0 Å². The van der Waals surface area contributed by atoms with Crippen LogP contribution in [0.5, 0.6) is 0 Å². The van der Waals surface area contributed by atoms with Crippen molar-refractivity contribution in [2.45, 2.75) is 65.0 Å². The van der Waals surface area contributed by atoms with Crippen LogP contribution >= 0.6 is 12.2 Å². The maximum Gasteiger partial charge on any atom is 0.0784 e. The van der Waals surface area contributed by atoms with E-state index in [0.29, 0.717) is 11.0 Å². The van der Waals surface area contributed by atoms with E-state index in [1.807, 2.05) is 0 Å². The van der Waals surface area contributed by atoms with Crippen molar-refractivity contribution in [3.8, 4) is 0 Å². The molecular formula is C16H31N3S. The first-order chi connectivity index (χ1) is 9.40. The van der Waals surface area contributed by atoms with Crippen LogP contribution in [-0.2, 0) is 0 Å². The van der Waals surface area contributed by atoms with Crippen LogP contribution in [0.25, 0.3) is 0 Å². The predicted octanol–water partition coefficient (Wildman–Crippen LogP) is 2.64. The van der Waals surface area contributed by atoms with Gasteiger partial charge in [-0.15, -0.1) is 0 Å². The van der Waals surface area contributed by atoms with Crippen LogP contribution in [0.4, 0.5) is 0 Å². The molecule has 2 heterocycles. The predicted molar refractivity (Wildman–Crippen MR) is 90.0 cm³/mol. The summed E-state index contributed by atoms with van der Waals surface area (Å²) in [6.45, 7) is 11.7. The lowest BCUT2D eigenvalue weighted by Gasteiger charge is -2.47. The normalized spacial score (nSPS) is 29.1. The van der Waals surface area contributed by atoms with Gasteiger partial charge in [-0.2, -0.15) is 0 Å². The lowest BCUT2D eigenvalue weighted by molar-refractivity contribution is 0.0140. The molecule has 3 nitrogen and oxygen atoms in total. The Labute approximate surface area is 129 Å². The van der Waals surface area contributed by atoms with E-state index < -0.39 is 0 Å². The van der Waals surface area contributed by atoms with Crippen molar-refractivity contribution in [2.24, 2.45) is 11.1 Å². The zero-order chi connectivity index (χ0) is 14.8. The van der Waals surface area contributed by atoms with E-state index >= 15 is 0 Å². The van der Waals surface area contributed by atoms with Gasteiger partial charge >= 0.3 is 0 Å². The average Bonchev–Trinajstić information content (AvgIpc) is 2.39. The molecule has 2 saturated heterocycles. The van der Waals surface area contributed by atoms with Gasteiger partial charge in [-0.25, -0.2) is 0 Å². The first-order valence-corrected chi connectivity index (χ1v) is 8.59. The molecule has 0 aliphatic carbocycles. The topological polar surface area (TPSA) is 32.5 Å². The molecule has 0 spiro atoms. The van der Waals surface area contributed by atoms with Crippen LogP contribution < -0.4 is 5.73 Å². The fourth-order valence-electron chi connectivity index (χ4n) is 3.57.